The summed E-state index contributed by atoms with van der Waals surface area (Å²) in [5.41, 5.74) is 1.10. The summed E-state index contributed by atoms with van der Waals surface area (Å²) < 4.78 is 48.0. The largest absolute Gasteiger partial charge is 0.416 e. The molecule has 0 atom stereocenters. The van der Waals surface area contributed by atoms with Crippen LogP contribution in [-0.4, -0.2) is 38.9 Å². The number of hydrogen-bond acceptors (Lipinski definition) is 5. The number of fused-ring (bicyclic) bond motifs is 1. The second kappa shape index (κ2) is 8.83. The summed E-state index contributed by atoms with van der Waals surface area (Å²) in [4.78, 5) is 19.3. The van der Waals surface area contributed by atoms with Crippen LogP contribution in [-0.2, 0) is 37.3 Å². The van der Waals surface area contributed by atoms with E-state index >= 15 is 0 Å². The number of aromatic nitrogens is 4. The first-order chi connectivity index (χ1) is 16.3. The SMILES string of the molecule is Cn1cnnc1CCc1cc(C2CCOCC2)nc(N2Cc3c(cccc3C(F)(F)F)C2=O)c1. The van der Waals surface area contributed by atoms with Crippen LogP contribution in [0.25, 0.3) is 0 Å². The molecule has 0 spiro atoms. The zero-order valence-electron chi connectivity index (χ0n) is 18.7. The number of nitrogens with zero attached hydrogens (tertiary/aromatic N) is 5. The molecule has 7 nitrogen and oxygen atoms in total. The van der Waals surface area contributed by atoms with Crippen molar-refractivity contribution in [1.82, 2.24) is 19.7 Å². The fraction of sp³-hybridized carbons (Fsp3) is 0.417. The van der Waals surface area contributed by atoms with Crippen molar-refractivity contribution in [2.45, 2.75) is 44.3 Å². The highest BCUT2D eigenvalue weighted by Crippen LogP contribution is 2.39. The van der Waals surface area contributed by atoms with Gasteiger partial charge in [0.05, 0.1) is 12.1 Å². The predicted molar refractivity (Wildman–Crippen MR) is 117 cm³/mol. The zero-order chi connectivity index (χ0) is 23.9. The van der Waals surface area contributed by atoms with Gasteiger partial charge in [-0.15, -0.1) is 10.2 Å². The summed E-state index contributed by atoms with van der Waals surface area (Å²) in [5.74, 6) is 0.918. The maximum atomic E-state index is 13.6. The third kappa shape index (κ3) is 4.29. The molecule has 4 heterocycles. The van der Waals surface area contributed by atoms with Gasteiger partial charge in [-0.25, -0.2) is 4.98 Å². The van der Waals surface area contributed by atoms with E-state index in [0.717, 1.165) is 36.0 Å². The van der Waals surface area contributed by atoms with Gasteiger partial charge in [0.15, 0.2) is 0 Å². The Kier molecular flexibility index (Phi) is 5.85. The molecule has 178 valence electrons. The molecule has 1 fully saturated rings. The smallest absolute Gasteiger partial charge is 0.381 e. The van der Waals surface area contributed by atoms with Gasteiger partial charge in [-0.3, -0.25) is 9.69 Å². The van der Waals surface area contributed by atoms with Crippen LogP contribution in [0.1, 0.15) is 57.3 Å². The molecule has 1 aromatic carbocycles. The highest BCUT2D eigenvalue weighted by Gasteiger charge is 2.40. The number of hydrogen-bond donors (Lipinski definition) is 0. The Morgan fingerprint density at radius 1 is 1.15 bits per heavy atom. The molecule has 0 aliphatic carbocycles. The number of rotatable bonds is 5. The number of ether oxygens (including phenoxy) is 1. The summed E-state index contributed by atoms with van der Waals surface area (Å²) in [6, 6.07) is 7.58. The molecule has 0 bridgehead atoms. The Morgan fingerprint density at radius 2 is 1.94 bits per heavy atom. The van der Waals surface area contributed by atoms with Crippen molar-refractivity contribution in [2.24, 2.45) is 7.05 Å². The highest BCUT2D eigenvalue weighted by atomic mass is 19.4. The third-order valence-electron chi connectivity index (χ3n) is 6.52. The van der Waals surface area contributed by atoms with E-state index in [-0.39, 0.29) is 23.6 Å². The quantitative estimate of drug-likeness (QED) is 0.561. The van der Waals surface area contributed by atoms with Gasteiger partial charge in [-0.1, -0.05) is 6.07 Å². The third-order valence-corrected chi connectivity index (χ3v) is 6.52. The molecule has 3 aromatic rings. The maximum absolute atomic E-state index is 13.6. The standard InChI is InChI=1S/C24H24F3N5O2/c1-31-14-28-30-21(31)6-5-15-11-20(16-7-9-34-10-8-16)29-22(12-15)32-13-18-17(23(32)33)3-2-4-19(18)24(25,26)27/h2-4,11-12,14,16H,5-10,13H2,1H3. The molecule has 1 saturated heterocycles. The van der Waals surface area contributed by atoms with Crippen molar-refractivity contribution in [3.8, 4) is 0 Å². The first kappa shape index (κ1) is 22.5. The maximum Gasteiger partial charge on any atom is 0.416 e. The minimum atomic E-state index is -4.53. The number of benzene rings is 1. The summed E-state index contributed by atoms with van der Waals surface area (Å²) in [6.45, 7) is 1.11. The van der Waals surface area contributed by atoms with Gasteiger partial charge in [0.25, 0.3) is 5.91 Å². The Bertz CT molecular complexity index is 1220. The summed E-state index contributed by atoms with van der Waals surface area (Å²) >= 11 is 0. The van der Waals surface area contributed by atoms with Gasteiger partial charge < -0.3 is 9.30 Å². The van der Waals surface area contributed by atoms with Gasteiger partial charge in [0, 0.05) is 43.9 Å². The van der Waals surface area contributed by atoms with E-state index in [0.29, 0.717) is 31.9 Å². The molecule has 34 heavy (non-hydrogen) atoms. The fourth-order valence-corrected chi connectivity index (χ4v) is 4.65. The molecule has 0 radical (unpaired) electrons. The van der Waals surface area contributed by atoms with Gasteiger partial charge in [-0.05, 0) is 54.7 Å². The first-order valence-corrected chi connectivity index (χ1v) is 11.2. The van der Waals surface area contributed by atoms with Crippen LogP contribution < -0.4 is 4.90 Å². The molecule has 5 rings (SSSR count). The van der Waals surface area contributed by atoms with Gasteiger partial charge in [0.1, 0.15) is 18.0 Å². The Hall–Kier alpha value is -3.27. The lowest BCUT2D eigenvalue weighted by atomic mass is 9.94. The van der Waals surface area contributed by atoms with Crippen LogP contribution >= 0.6 is 0 Å². The highest BCUT2D eigenvalue weighted by molar-refractivity contribution is 6.09. The van der Waals surface area contributed by atoms with E-state index in [4.69, 9.17) is 9.72 Å². The van der Waals surface area contributed by atoms with E-state index < -0.39 is 17.6 Å². The molecule has 2 aliphatic heterocycles. The number of pyridine rings is 1. The lowest BCUT2D eigenvalue weighted by Gasteiger charge is -2.24. The molecule has 0 saturated carbocycles. The number of halogens is 3. The van der Waals surface area contributed by atoms with Gasteiger partial charge in [-0.2, -0.15) is 13.2 Å². The second-order valence-electron chi connectivity index (χ2n) is 8.72. The van der Waals surface area contributed by atoms with Gasteiger partial charge in [0.2, 0.25) is 0 Å². The molecule has 1 amide bonds. The Balaban J connectivity index is 1.49. The number of alkyl halides is 3. The van der Waals surface area contributed by atoms with Crippen molar-refractivity contribution in [1.29, 1.82) is 0 Å². The molecular weight excluding hydrogens is 447 g/mol. The molecule has 0 N–H and O–H groups in total. The van der Waals surface area contributed by atoms with Crippen molar-refractivity contribution in [2.75, 3.05) is 18.1 Å². The van der Waals surface area contributed by atoms with Crippen molar-refractivity contribution >= 4 is 11.7 Å². The summed E-state index contributed by atoms with van der Waals surface area (Å²) in [7, 11) is 1.87. The molecular formula is C24H24F3N5O2. The molecule has 2 aromatic heterocycles. The number of anilines is 1. The monoisotopic (exact) mass is 471 g/mol. The number of carbonyl (C=O) groups is 1. The Morgan fingerprint density at radius 3 is 2.65 bits per heavy atom. The minimum absolute atomic E-state index is 0.00101. The fourth-order valence-electron chi connectivity index (χ4n) is 4.65. The summed E-state index contributed by atoms with van der Waals surface area (Å²) in [6.07, 6.45) is 0.0111. The minimum Gasteiger partial charge on any atom is -0.381 e. The average Bonchev–Trinajstić information content (AvgIpc) is 3.40. The van der Waals surface area contributed by atoms with Crippen LogP contribution in [0.5, 0.6) is 0 Å². The molecule has 0 unspecified atom stereocenters. The zero-order valence-corrected chi connectivity index (χ0v) is 18.7. The van der Waals surface area contributed by atoms with E-state index in [1.54, 1.807) is 12.4 Å². The lowest BCUT2D eigenvalue weighted by Crippen LogP contribution is -2.25. The summed E-state index contributed by atoms with van der Waals surface area (Å²) in [5, 5.41) is 8.03. The molecule has 10 heteroatoms. The average molecular weight is 471 g/mol. The number of amides is 1. The van der Waals surface area contributed by atoms with Crippen LogP contribution in [0, 0.1) is 0 Å². The topological polar surface area (TPSA) is 73.1 Å². The lowest BCUT2D eigenvalue weighted by molar-refractivity contribution is -0.138. The molecule has 2 aliphatic rings. The Labute approximate surface area is 194 Å². The first-order valence-electron chi connectivity index (χ1n) is 11.2. The normalized spacial score (nSPS) is 16.8. The van der Waals surface area contributed by atoms with Crippen LogP contribution in [0.2, 0.25) is 0 Å². The van der Waals surface area contributed by atoms with Crippen LogP contribution in [0.3, 0.4) is 0 Å². The van der Waals surface area contributed by atoms with Crippen LogP contribution in [0.4, 0.5) is 19.0 Å². The van der Waals surface area contributed by atoms with E-state index in [1.165, 1.54) is 17.0 Å². The van der Waals surface area contributed by atoms with E-state index in [2.05, 4.69) is 10.2 Å². The van der Waals surface area contributed by atoms with Gasteiger partial charge >= 0.3 is 6.18 Å². The number of aryl methyl sites for hydroxylation is 3. The van der Waals surface area contributed by atoms with Crippen molar-refractivity contribution < 1.29 is 22.7 Å². The van der Waals surface area contributed by atoms with Crippen molar-refractivity contribution in [3.05, 3.63) is 70.4 Å². The van der Waals surface area contributed by atoms with E-state index in [1.807, 2.05) is 17.7 Å². The second-order valence-corrected chi connectivity index (χ2v) is 8.72. The van der Waals surface area contributed by atoms with E-state index in [9.17, 15) is 18.0 Å². The number of carbonyl (C=O) groups excluding carboxylic acids is 1. The van der Waals surface area contributed by atoms with Crippen LogP contribution in [0.15, 0.2) is 36.7 Å². The van der Waals surface area contributed by atoms with Crippen molar-refractivity contribution in [3.63, 3.8) is 0 Å². The predicted octanol–water partition coefficient (Wildman–Crippen LogP) is 4.07.